The molecule has 35 heavy (non-hydrogen) atoms. The van der Waals surface area contributed by atoms with Crippen LogP contribution in [0.15, 0.2) is 29.6 Å². The van der Waals surface area contributed by atoms with E-state index in [1.807, 2.05) is 22.7 Å². The lowest BCUT2D eigenvalue weighted by Crippen LogP contribution is -2.47. The third kappa shape index (κ3) is 5.65. The molecule has 2 saturated heterocycles. The van der Waals surface area contributed by atoms with Crippen LogP contribution in [0.3, 0.4) is 0 Å². The van der Waals surface area contributed by atoms with Crippen LogP contribution >= 0.6 is 11.9 Å². The van der Waals surface area contributed by atoms with Gasteiger partial charge in [-0.05, 0) is 61.4 Å². The van der Waals surface area contributed by atoms with E-state index in [0.717, 1.165) is 52.9 Å². The Bertz CT molecular complexity index is 1160. The molecule has 0 aliphatic carbocycles. The van der Waals surface area contributed by atoms with Crippen LogP contribution in [0, 0.1) is 6.92 Å². The highest BCUT2D eigenvalue weighted by molar-refractivity contribution is 7.97. The van der Waals surface area contributed by atoms with Crippen LogP contribution in [0.5, 0.6) is 0 Å². The van der Waals surface area contributed by atoms with E-state index in [0.29, 0.717) is 19.6 Å². The first-order valence-electron chi connectivity index (χ1n) is 12.0. The smallest absolute Gasteiger partial charge is 0.356 e. The number of halogens is 3. The van der Waals surface area contributed by atoms with Gasteiger partial charge in [-0.3, -0.25) is 4.90 Å². The van der Waals surface area contributed by atoms with Gasteiger partial charge in [0.25, 0.3) is 0 Å². The van der Waals surface area contributed by atoms with Crippen LogP contribution in [-0.4, -0.2) is 72.9 Å². The summed E-state index contributed by atoms with van der Waals surface area (Å²) in [6.45, 7) is 4.52. The predicted molar refractivity (Wildman–Crippen MR) is 127 cm³/mol. The molecule has 2 aliphatic heterocycles. The number of piperazine rings is 1. The largest absolute Gasteiger partial charge is 0.390 e. The first-order chi connectivity index (χ1) is 16.8. The van der Waals surface area contributed by atoms with Gasteiger partial charge in [0, 0.05) is 51.3 Å². The van der Waals surface area contributed by atoms with Crippen molar-refractivity contribution < 1.29 is 17.9 Å². The zero-order chi connectivity index (χ0) is 24.6. The minimum atomic E-state index is -4.18. The third-order valence-electron chi connectivity index (χ3n) is 6.71. The molecule has 190 valence electrons. The molecule has 2 atom stereocenters. The van der Waals surface area contributed by atoms with Gasteiger partial charge in [0.05, 0.1) is 24.3 Å². The quantitative estimate of drug-likeness (QED) is 0.454. The summed E-state index contributed by atoms with van der Waals surface area (Å²) in [5, 5.41) is 14.8. The average molecular weight is 510 g/mol. The molecule has 1 aromatic carbocycles. The second kappa shape index (κ2) is 10.1. The first-order valence-corrected chi connectivity index (χ1v) is 12.7. The van der Waals surface area contributed by atoms with Gasteiger partial charge >= 0.3 is 6.18 Å². The average Bonchev–Trinajstić information content (AvgIpc) is 3.43. The predicted octanol–water partition coefficient (Wildman–Crippen LogP) is 4.49. The molecular weight excluding hydrogens is 479 g/mol. The lowest BCUT2D eigenvalue weighted by Gasteiger charge is -2.41. The van der Waals surface area contributed by atoms with Crippen LogP contribution in [0.25, 0.3) is 10.9 Å². The molecule has 0 bridgehead atoms. The number of hydrogen-bond donors (Lipinski definition) is 0. The standard InChI is InChI=1S/C23H30F3N7OS/c1-16-11-19-17(13-28-33(19)22-5-3-4-10-34-22)12-18(16)20-15-32(35-21-14-27-30(2)29-21)9-8-31(20)7-6-23(24,25)26/h11-14,20,22H,3-10,15H2,1-2H3. The SMILES string of the molecule is Cc1cc2c(cnn2C2CCCCO2)cc1C1CN(Sc2cnn(C)n2)CCN1CCC(F)(F)F. The van der Waals surface area contributed by atoms with Crippen LogP contribution in [0.4, 0.5) is 13.2 Å². The number of alkyl halides is 3. The van der Waals surface area contributed by atoms with E-state index in [4.69, 9.17) is 4.74 Å². The van der Waals surface area contributed by atoms with Crippen molar-refractivity contribution in [3.05, 3.63) is 35.7 Å². The van der Waals surface area contributed by atoms with Gasteiger partial charge in [-0.2, -0.15) is 28.2 Å². The van der Waals surface area contributed by atoms with Crippen molar-refractivity contribution in [3.63, 3.8) is 0 Å². The van der Waals surface area contributed by atoms with Crippen LogP contribution in [-0.2, 0) is 11.8 Å². The van der Waals surface area contributed by atoms with E-state index in [9.17, 15) is 13.2 Å². The van der Waals surface area contributed by atoms with Crippen molar-refractivity contribution >= 4 is 22.9 Å². The maximum Gasteiger partial charge on any atom is 0.390 e. The van der Waals surface area contributed by atoms with Crippen LogP contribution in [0.1, 0.15) is 49.1 Å². The summed E-state index contributed by atoms with van der Waals surface area (Å²) < 4.78 is 49.3. The number of nitrogens with zero attached hydrogens (tertiary/aromatic N) is 7. The molecule has 2 aromatic heterocycles. The third-order valence-corrected chi connectivity index (χ3v) is 7.67. The fourth-order valence-corrected chi connectivity index (χ4v) is 5.84. The summed E-state index contributed by atoms with van der Waals surface area (Å²) in [6, 6.07) is 4.03. The maximum absolute atomic E-state index is 13.1. The Balaban J connectivity index is 1.43. The number of aryl methyl sites for hydroxylation is 2. The van der Waals surface area contributed by atoms with E-state index in [2.05, 4.69) is 31.7 Å². The van der Waals surface area contributed by atoms with Crippen molar-refractivity contribution in [3.8, 4) is 0 Å². The number of ether oxygens (including phenoxy) is 1. The van der Waals surface area contributed by atoms with E-state index < -0.39 is 12.6 Å². The molecule has 0 N–H and O–H groups in total. The monoisotopic (exact) mass is 509 g/mol. The highest BCUT2D eigenvalue weighted by atomic mass is 32.2. The van der Waals surface area contributed by atoms with Crippen LogP contribution < -0.4 is 0 Å². The normalized spacial score (nSPS) is 22.8. The highest BCUT2D eigenvalue weighted by Gasteiger charge is 2.34. The Labute approximate surface area is 206 Å². The number of aromatic nitrogens is 5. The zero-order valence-corrected chi connectivity index (χ0v) is 20.7. The maximum atomic E-state index is 13.1. The summed E-state index contributed by atoms with van der Waals surface area (Å²) in [5.74, 6) is 0. The molecule has 0 amide bonds. The number of fused-ring (bicyclic) bond motifs is 1. The summed E-state index contributed by atoms with van der Waals surface area (Å²) in [6.07, 6.45) is 1.58. The lowest BCUT2D eigenvalue weighted by atomic mass is 9.96. The van der Waals surface area contributed by atoms with Gasteiger partial charge in [-0.15, -0.1) is 5.10 Å². The van der Waals surface area contributed by atoms with Crippen molar-refractivity contribution in [2.45, 2.75) is 56.1 Å². The Morgan fingerprint density at radius 2 is 2.00 bits per heavy atom. The Hall–Kier alpha value is -2.15. The van der Waals surface area contributed by atoms with Gasteiger partial charge in [-0.25, -0.2) is 8.99 Å². The molecule has 2 fully saturated rings. The van der Waals surface area contributed by atoms with Gasteiger partial charge in [0.2, 0.25) is 0 Å². The minimum absolute atomic E-state index is 0.0233. The summed E-state index contributed by atoms with van der Waals surface area (Å²) in [7, 11) is 1.76. The molecule has 2 aliphatic rings. The van der Waals surface area contributed by atoms with Crippen molar-refractivity contribution in [1.82, 2.24) is 34.0 Å². The van der Waals surface area contributed by atoms with E-state index in [-0.39, 0.29) is 18.8 Å². The summed E-state index contributed by atoms with van der Waals surface area (Å²) in [5.41, 5.74) is 3.08. The fourth-order valence-electron chi connectivity index (χ4n) is 4.93. The molecule has 12 heteroatoms. The van der Waals surface area contributed by atoms with Crippen molar-refractivity contribution in [2.24, 2.45) is 7.05 Å². The zero-order valence-electron chi connectivity index (χ0n) is 19.9. The van der Waals surface area contributed by atoms with Gasteiger partial charge in [0.15, 0.2) is 11.3 Å². The fraction of sp³-hybridized carbons (Fsp3) is 0.609. The van der Waals surface area contributed by atoms with Gasteiger partial charge in [-0.1, -0.05) is 0 Å². The molecule has 2 unspecified atom stereocenters. The van der Waals surface area contributed by atoms with E-state index in [1.54, 1.807) is 13.2 Å². The Kier molecular flexibility index (Phi) is 7.06. The Morgan fingerprint density at radius 3 is 2.71 bits per heavy atom. The van der Waals surface area contributed by atoms with Gasteiger partial charge in [0.1, 0.15) is 0 Å². The molecule has 0 spiro atoms. The Morgan fingerprint density at radius 1 is 1.14 bits per heavy atom. The number of benzene rings is 1. The van der Waals surface area contributed by atoms with Crippen LogP contribution in [0.2, 0.25) is 0 Å². The van der Waals surface area contributed by atoms with Gasteiger partial charge < -0.3 is 4.74 Å². The second-order valence-corrected chi connectivity index (χ2v) is 10.4. The first kappa shape index (κ1) is 24.5. The molecule has 0 saturated carbocycles. The molecule has 8 nitrogen and oxygen atoms in total. The molecule has 0 radical (unpaired) electrons. The number of hydrogen-bond acceptors (Lipinski definition) is 7. The van der Waals surface area contributed by atoms with Crippen molar-refractivity contribution in [2.75, 3.05) is 32.8 Å². The van der Waals surface area contributed by atoms with E-state index in [1.165, 1.54) is 16.7 Å². The molecular formula is C23H30F3N7OS. The summed E-state index contributed by atoms with van der Waals surface area (Å²) >= 11 is 1.50. The lowest BCUT2D eigenvalue weighted by molar-refractivity contribution is -0.140. The second-order valence-electron chi connectivity index (χ2n) is 9.25. The van der Waals surface area contributed by atoms with E-state index >= 15 is 0 Å². The highest BCUT2D eigenvalue weighted by Crippen LogP contribution is 2.36. The number of rotatable bonds is 6. The van der Waals surface area contributed by atoms with Crippen molar-refractivity contribution in [1.29, 1.82) is 0 Å². The minimum Gasteiger partial charge on any atom is -0.356 e. The molecule has 3 aromatic rings. The molecule has 4 heterocycles. The topological polar surface area (TPSA) is 64.2 Å². The molecule has 5 rings (SSSR count). The summed E-state index contributed by atoms with van der Waals surface area (Å²) in [4.78, 5) is 3.47.